The van der Waals surface area contributed by atoms with Crippen molar-refractivity contribution in [2.24, 2.45) is 0 Å². The fourth-order valence-electron chi connectivity index (χ4n) is 2.96. The highest BCUT2D eigenvalue weighted by Crippen LogP contribution is 2.28. The first-order chi connectivity index (χ1) is 13.4. The monoisotopic (exact) mass is 399 g/mol. The van der Waals surface area contributed by atoms with Gasteiger partial charge in [0.15, 0.2) is 6.61 Å². The van der Waals surface area contributed by atoms with Crippen molar-refractivity contribution < 1.29 is 19.1 Å². The van der Waals surface area contributed by atoms with Crippen LogP contribution < -0.4 is 10.1 Å². The van der Waals surface area contributed by atoms with Crippen LogP contribution in [0.4, 0.5) is 5.69 Å². The number of ether oxygens (including phenoxy) is 1. The van der Waals surface area contributed by atoms with E-state index in [1.807, 2.05) is 51.1 Å². The third kappa shape index (κ3) is 4.55. The summed E-state index contributed by atoms with van der Waals surface area (Å²) in [6, 6.07) is 12.7. The quantitative estimate of drug-likeness (QED) is 0.609. The third-order valence-corrected chi connectivity index (χ3v) is 4.97. The lowest BCUT2D eigenvalue weighted by molar-refractivity contribution is -0.118. The van der Waals surface area contributed by atoms with Crippen molar-refractivity contribution in [3.8, 4) is 17.1 Å². The molecule has 3 rings (SSSR count). The molecule has 1 heterocycles. The highest BCUT2D eigenvalue weighted by atomic mass is 35.5. The zero-order valence-electron chi connectivity index (χ0n) is 16.0. The van der Waals surface area contributed by atoms with Crippen LogP contribution >= 0.6 is 11.6 Å². The fourth-order valence-corrected chi connectivity index (χ4v) is 3.07. The van der Waals surface area contributed by atoms with E-state index in [1.54, 1.807) is 12.1 Å². The van der Waals surface area contributed by atoms with Crippen molar-refractivity contribution in [3.05, 3.63) is 69.9 Å². The van der Waals surface area contributed by atoms with Gasteiger partial charge in [-0.25, -0.2) is 0 Å². The lowest BCUT2D eigenvalue weighted by atomic mass is 10.1. The van der Waals surface area contributed by atoms with Crippen molar-refractivity contribution in [1.82, 2.24) is 0 Å². The second kappa shape index (κ2) is 8.50. The fraction of sp³-hybridized carbons (Fsp3) is 0.227. The number of hydrogen-bond acceptors (Lipinski definition) is 4. The number of furan rings is 1. The van der Waals surface area contributed by atoms with Gasteiger partial charge < -0.3 is 19.6 Å². The summed E-state index contributed by atoms with van der Waals surface area (Å²) in [4.78, 5) is 12.2. The Bertz CT molecular complexity index is 987. The number of amides is 1. The van der Waals surface area contributed by atoms with Crippen LogP contribution in [-0.4, -0.2) is 17.6 Å². The molecule has 0 fully saturated rings. The molecule has 0 unspecified atom stereocenters. The van der Waals surface area contributed by atoms with E-state index in [2.05, 4.69) is 5.32 Å². The number of carbonyl (C=O) groups is 1. The van der Waals surface area contributed by atoms with Crippen molar-refractivity contribution >= 4 is 23.2 Å². The van der Waals surface area contributed by atoms with Crippen molar-refractivity contribution in [2.45, 2.75) is 27.4 Å². The summed E-state index contributed by atoms with van der Waals surface area (Å²) in [6.45, 7) is 5.49. The molecule has 0 spiro atoms. The van der Waals surface area contributed by atoms with Gasteiger partial charge >= 0.3 is 0 Å². The number of rotatable bonds is 6. The lowest BCUT2D eigenvalue weighted by Crippen LogP contribution is -2.20. The van der Waals surface area contributed by atoms with Gasteiger partial charge in [0.25, 0.3) is 5.91 Å². The maximum absolute atomic E-state index is 12.2. The molecule has 0 aliphatic heterocycles. The van der Waals surface area contributed by atoms with Crippen LogP contribution in [0.3, 0.4) is 0 Å². The largest absolute Gasteiger partial charge is 0.484 e. The molecule has 3 aromatic rings. The summed E-state index contributed by atoms with van der Waals surface area (Å²) >= 11 is 6.15. The van der Waals surface area contributed by atoms with Gasteiger partial charge in [0.05, 0.1) is 0 Å². The maximum atomic E-state index is 12.2. The molecule has 1 aromatic heterocycles. The number of anilines is 1. The minimum absolute atomic E-state index is 0.0979. The number of carbonyl (C=O) groups excluding carboxylic acids is 1. The number of aryl methyl sites for hydroxylation is 3. The molecule has 146 valence electrons. The van der Waals surface area contributed by atoms with Gasteiger partial charge in [-0.05, 0) is 79.9 Å². The molecule has 0 radical (unpaired) electrons. The molecule has 6 heteroatoms. The Balaban J connectivity index is 1.63. The van der Waals surface area contributed by atoms with Gasteiger partial charge in [-0.1, -0.05) is 11.6 Å². The van der Waals surface area contributed by atoms with Crippen LogP contribution in [0.25, 0.3) is 11.3 Å². The molecular formula is C22H22ClNO4. The van der Waals surface area contributed by atoms with Gasteiger partial charge in [0, 0.05) is 16.3 Å². The molecule has 2 N–H and O–H groups in total. The molecule has 0 aliphatic rings. The summed E-state index contributed by atoms with van der Waals surface area (Å²) in [5.74, 6) is 1.55. The number of hydrogen-bond donors (Lipinski definition) is 2. The molecule has 0 saturated heterocycles. The first kappa shape index (κ1) is 20.0. The van der Waals surface area contributed by atoms with E-state index in [0.29, 0.717) is 28.0 Å². The number of halogens is 1. The summed E-state index contributed by atoms with van der Waals surface area (Å²) in [5, 5.41) is 12.7. The lowest BCUT2D eigenvalue weighted by Gasteiger charge is -2.11. The Labute approximate surface area is 168 Å². The number of aliphatic hydroxyl groups is 1. The van der Waals surface area contributed by atoms with Crippen LogP contribution in [0.1, 0.15) is 22.5 Å². The van der Waals surface area contributed by atoms with Crippen LogP contribution in [0, 0.1) is 20.8 Å². The Morgan fingerprint density at radius 1 is 1.07 bits per heavy atom. The predicted molar refractivity (Wildman–Crippen MR) is 110 cm³/mol. The maximum Gasteiger partial charge on any atom is 0.262 e. The third-order valence-electron chi connectivity index (χ3n) is 4.37. The number of nitrogens with one attached hydrogen (secondary N) is 1. The minimum atomic E-state index is -0.252. The van der Waals surface area contributed by atoms with Crippen molar-refractivity contribution in [1.29, 1.82) is 0 Å². The minimum Gasteiger partial charge on any atom is -0.484 e. The zero-order chi connectivity index (χ0) is 20.3. The average molecular weight is 400 g/mol. The van der Waals surface area contributed by atoms with Gasteiger partial charge in [0.1, 0.15) is 23.9 Å². The molecule has 5 nitrogen and oxygen atoms in total. The molecule has 0 aliphatic carbocycles. The average Bonchev–Trinajstić information content (AvgIpc) is 3.13. The molecular weight excluding hydrogens is 378 g/mol. The number of benzene rings is 2. The van der Waals surface area contributed by atoms with E-state index in [4.69, 9.17) is 25.9 Å². The number of aliphatic hydroxyl groups excluding tert-OH is 1. The van der Waals surface area contributed by atoms with Crippen LogP contribution in [0.15, 0.2) is 46.9 Å². The van der Waals surface area contributed by atoms with E-state index < -0.39 is 0 Å². The van der Waals surface area contributed by atoms with E-state index in [9.17, 15) is 4.79 Å². The molecule has 28 heavy (non-hydrogen) atoms. The summed E-state index contributed by atoms with van der Waals surface area (Å²) in [7, 11) is 0. The van der Waals surface area contributed by atoms with Crippen LogP contribution in [0.5, 0.6) is 5.75 Å². The van der Waals surface area contributed by atoms with Gasteiger partial charge in [-0.2, -0.15) is 0 Å². The zero-order valence-corrected chi connectivity index (χ0v) is 16.8. The molecule has 1 amide bonds. The summed E-state index contributed by atoms with van der Waals surface area (Å²) < 4.78 is 11.2. The molecule has 0 atom stereocenters. The van der Waals surface area contributed by atoms with Crippen LogP contribution in [0.2, 0.25) is 5.02 Å². The van der Waals surface area contributed by atoms with E-state index in [0.717, 1.165) is 22.3 Å². The Hall–Kier alpha value is -2.76. The first-order valence-electron chi connectivity index (χ1n) is 8.87. The van der Waals surface area contributed by atoms with Gasteiger partial charge in [0.2, 0.25) is 0 Å². The SMILES string of the molecule is Cc1cc(NC(=O)COc2cc(C)c(Cl)c(C)c2)ccc1-c1ccc(CO)o1. The second-order valence-electron chi connectivity index (χ2n) is 6.66. The smallest absolute Gasteiger partial charge is 0.262 e. The van der Waals surface area contributed by atoms with E-state index in [-0.39, 0.29) is 19.1 Å². The van der Waals surface area contributed by atoms with Gasteiger partial charge in [-0.15, -0.1) is 0 Å². The molecule has 0 bridgehead atoms. The van der Waals surface area contributed by atoms with Gasteiger partial charge in [-0.3, -0.25) is 4.79 Å². The first-order valence-corrected chi connectivity index (χ1v) is 9.25. The second-order valence-corrected chi connectivity index (χ2v) is 7.04. The highest BCUT2D eigenvalue weighted by Gasteiger charge is 2.10. The standard InChI is InChI=1S/C22H22ClNO4/c1-13-8-16(4-6-19(13)20-7-5-17(11-25)28-20)24-21(26)12-27-18-9-14(2)22(23)15(3)10-18/h4-10,25H,11-12H2,1-3H3,(H,24,26). The van der Waals surface area contributed by atoms with Crippen molar-refractivity contribution in [2.75, 3.05) is 11.9 Å². The summed E-state index contributed by atoms with van der Waals surface area (Å²) in [6.07, 6.45) is 0. The van der Waals surface area contributed by atoms with E-state index >= 15 is 0 Å². The molecule has 2 aromatic carbocycles. The van der Waals surface area contributed by atoms with Crippen LogP contribution in [-0.2, 0) is 11.4 Å². The van der Waals surface area contributed by atoms with E-state index in [1.165, 1.54) is 0 Å². The molecule has 0 saturated carbocycles. The normalized spacial score (nSPS) is 10.8. The van der Waals surface area contributed by atoms with Crippen molar-refractivity contribution in [3.63, 3.8) is 0 Å². The Kier molecular flexibility index (Phi) is 6.07. The Morgan fingerprint density at radius 3 is 2.39 bits per heavy atom. The topological polar surface area (TPSA) is 71.7 Å². The summed E-state index contributed by atoms with van der Waals surface area (Å²) in [5.41, 5.74) is 4.34. The highest BCUT2D eigenvalue weighted by molar-refractivity contribution is 6.32. The Morgan fingerprint density at radius 2 is 1.79 bits per heavy atom. The predicted octanol–water partition coefficient (Wildman–Crippen LogP) is 5.04.